The summed E-state index contributed by atoms with van der Waals surface area (Å²) in [4.78, 5) is 15.8. The molecule has 0 radical (unpaired) electrons. The fraction of sp³-hybridized carbons (Fsp3) is 0.500. The average molecular weight is 347 g/mol. The maximum atomic E-state index is 11.4. The van der Waals surface area contributed by atoms with E-state index in [4.69, 9.17) is 0 Å². The van der Waals surface area contributed by atoms with E-state index in [-0.39, 0.29) is 5.91 Å². The molecule has 132 valence electrons. The SMILES string of the molecule is CCCCCCC.CNC(=O)/C(C)=C/c1ccc2sc(C)nc2c1. The fourth-order valence-electron chi connectivity index (χ4n) is 2.34. The van der Waals surface area contributed by atoms with Gasteiger partial charge in [-0.25, -0.2) is 4.98 Å². The Labute approximate surface area is 150 Å². The molecule has 0 aliphatic carbocycles. The minimum atomic E-state index is -0.0560. The van der Waals surface area contributed by atoms with Crippen LogP contribution in [0.1, 0.15) is 63.4 Å². The van der Waals surface area contributed by atoms with Crippen molar-refractivity contribution in [3.05, 3.63) is 34.3 Å². The Hall–Kier alpha value is -1.68. The molecule has 2 rings (SSSR count). The molecule has 24 heavy (non-hydrogen) atoms. The zero-order chi connectivity index (χ0) is 17.9. The second-order valence-electron chi connectivity index (χ2n) is 5.93. The van der Waals surface area contributed by atoms with Gasteiger partial charge in [0.2, 0.25) is 5.91 Å². The van der Waals surface area contributed by atoms with Gasteiger partial charge in [0.15, 0.2) is 0 Å². The van der Waals surface area contributed by atoms with E-state index in [1.54, 1.807) is 25.3 Å². The van der Waals surface area contributed by atoms with Crippen molar-refractivity contribution in [3.63, 3.8) is 0 Å². The number of nitrogens with one attached hydrogen (secondary N) is 1. The van der Waals surface area contributed by atoms with Crippen LogP contribution in [0.3, 0.4) is 0 Å². The zero-order valence-corrected chi connectivity index (χ0v) is 16.4. The van der Waals surface area contributed by atoms with Crippen LogP contribution < -0.4 is 5.32 Å². The van der Waals surface area contributed by atoms with Gasteiger partial charge < -0.3 is 5.32 Å². The maximum absolute atomic E-state index is 11.4. The van der Waals surface area contributed by atoms with Crippen LogP contribution in [-0.2, 0) is 4.79 Å². The van der Waals surface area contributed by atoms with E-state index in [1.165, 1.54) is 36.8 Å². The Morgan fingerprint density at radius 3 is 2.46 bits per heavy atom. The topological polar surface area (TPSA) is 42.0 Å². The molecule has 0 unspecified atom stereocenters. The smallest absolute Gasteiger partial charge is 0.246 e. The second-order valence-corrected chi connectivity index (χ2v) is 7.16. The first-order valence-corrected chi connectivity index (χ1v) is 9.61. The van der Waals surface area contributed by atoms with E-state index >= 15 is 0 Å². The van der Waals surface area contributed by atoms with Crippen molar-refractivity contribution < 1.29 is 4.79 Å². The van der Waals surface area contributed by atoms with Crippen molar-refractivity contribution in [2.24, 2.45) is 0 Å². The van der Waals surface area contributed by atoms with Crippen molar-refractivity contribution >= 4 is 33.5 Å². The number of amides is 1. The fourth-order valence-corrected chi connectivity index (χ4v) is 3.15. The molecule has 0 spiro atoms. The number of rotatable bonds is 6. The molecule has 0 saturated heterocycles. The predicted molar refractivity (Wildman–Crippen MR) is 107 cm³/mol. The van der Waals surface area contributed by atoms with Crippen molar-refractivity contribution in [2.45, 2.75) is 59.8 Å². The van der Waals surface area contributed by atoms with Gasteiger partial charge in [-0.2, -0.15) is 0 Å². The van der Waals surface area contributed by atoms with E-state index in [2.05, 4.69) is 24.1 Å². The molecule has 2 aromatic rings. The first-order chi connectivity index (χ1) is 11.5. The zero-order valence-electron chi connectivity index (χ0n) is 15.6. The highest BCUT2D eigenvalue weighted by atomic mass is 32.1. The molecule has 1 heterocycles. The Balaban J connectivity index is 0.000000351. The highest BCUT2D eigenvalue weighted by molar-refractivity contribution is 7.18. The Bertz CT molecular complexity index is 669. The first kappa shape index (κ1) is 20.4. The summed E-state index contributed by atoms with van der Waals surface area (Å²) in [5.74, 6) is -0.0560. The summed E-state index contributed by atoms with van der Waals surface area (Å²) in [5.41, 5.74) is 2.69. The number of likely N-dealkylation sites (N-methyl/N-ethyl adjacent to an activating group) is 1. The molecule has 0 saturated carbocycles. The van der Waals surface area contributed by atoms with Gasteiger partial charge in [-0.05, 0) is 37.6 Å². The van der Waals surface area contributed by atoms with Crippen LogP contribution >= 0.6 is 11.3 Å². The number of thiazole rings is 1. The van der Waals surface area contributed by atoms with E-state index in [1.807, 2.05) is 31.2 Å². The Morgan fingerprint density at radius 2 is 1.88 bits per heavy atom. The first-order valence-electron chi connectivity index (χ1n) is 8.79. The van der Waals surface area contributed by atoms with Crippen LogP contribution in [-0.4, -0.2) is 17.9 Å². The van der Waals surface area contributed by atoms with Gasteiger partial charge in [0.1, 0.15) is 0 Å². The number of nitrogens with zero attached hydrogens (tertiary/aromatic N) is 1. The van der Waals surface area contributed by atoms with Crippen molar-refractivity contribution in [3.8, 4) is 0 Å². The van der Waals surface area contributed by atoms with Crippen LogP contribution in [0, 0.1) is 6.92 Å². The monoisotopic (exact) mass is 346 g/mol. The van der Waals surface area contributed by atoms with Crippen LogP contribution in [0.5, 0.6) is 0 Å². The molecule has 0 bridgehead atoms. The van der Waals surface area contributed by atoms with E-state index in [9.17, 15) is 4.79 Å². The lowest BCUT2D eigenvalue weighted by Crippen LogP contribution is -2.18. The van der Waals surface area contributed by atoms with Crippen LogP contribution in [0.15, 0.2) is 23.8 Å². The lowest BCUT2D eigenvalue weighted by atomic mass is 10.1. The summed E-state index contributed by atoms with van der Waals surface area (Å²) in [6, 6.07) is 6.06. The van der Waals surface area contributed by atoms with Gasteiger partial charge in [0.05, 0.1) is 15.2 Å². The summed E-state index contributed by atoms with van der Waals surface area (Å²) in [5, 5.41) is 3.66. The largest absolute Gasteiger partial charge is 0.355 e. The number of carbonyl (C=O) groups excluding carboxylic acids is 1. The molecule has 3 nitrogen and oxygen atoms in total. The number of benzene rings is 1. The highest BCUT2D eigenvalue weighted by Crippen LogP contribution is 2.23. The number of hydrogen-bond donors (Lipinski definition) is 1. The van der Waals surface area contributed by atoms with Crippen molar-refractivity contribution in [1.82, 2.24) is 10.3 Å². The molecule has 1 N–H and O–H groups in total. The minimum absolute atomic E-state index is 0.0560. The molecule has 0 aliphatic rings. The summed E-state index contributed by atoms with van der Waals surface area (Å²) in [6.07, 6.45) is 8.88. The molecule has 1 aromatic carbocycles. The maximum Gasteiger partial charge on any atom is 0.246 e. The summed E-state index contributed by atoms with van der Waals surface area (Å²) < 4.78 is 1.18. The number of carbonyl (C=O) groups is 1. The van der Waals surface area contributed by atoms with Gasteiger partial charge in [0.25, 0.3) is 0 Å². The predicted octanol–water partition coefficient (Wildman–Crippen LogP) is 5.73. The van der Waals surface area contributed by atoms with Crippen LogP contribution in [0.25, 0.3) is 16.3 Å². The lowest BCUT2D eigenvalue weighted by molar-refractivity contribution is -0.116. The summed E-state index contributed by atoms with van der Waals surface area (Å²) in [7, 11) is 1.63. The molecule has 0 atom stereocenters. The van der Waals surface area contributed by atoms with E-state index < -0.39 is 0 Å². The molecule has 0 fully saturated rings. The number of aromatic nitrogens is 1. The van der Waals surface area contributed by atoms with Crippen LogP contribution in [0.2, 0.25) is 0 Å². The number of unbranched alkanes of at least 4 members (excludes halogenated alkanes) is 4. The quantitative estimate of drug-likeness (QED) is 0.536. The normalized spacial score (nSPS) is 11.1. The van der Waals surface area contributed by atoms with Gasteiger partial charge in [-0.1, -0.05) is 52.0 Å². The number of aryl methyl sites for hydroxylation is 1. The molecular weight excluding hydrogens is 316 g/mol. The standard InChI is InChI=1S/C13H14N2OS.C7H16/c1-8(13(16)14-3)6-10-4-5-12-11(7-10)15-9(2)17-12;1-3-5-7-6-4-2/h4-7H,1-3H3,(H,14,16);3-7H2,1-2H3/b8-6+;. The lowest BCUT2D eigenvalue weighted by Gasteiger charge is -1.99. The molecule has 1 aromatic heterocycles. The Morgan fingerprint density at radius 1 is 1.21 bits per heavy atom. The second kappa shape index (κ2) is 11.0. The third kappa shape index (κ3) is 6.83. The number of fused-ring (bicyclic) bond motifs is 1. The van der Waals surface area contributed by atoms with Crippen molar-refractivity contribution in [1.29, 1.82) is 0 Å². The number of hydrogen-bond acceptors (Lipinski definition) is 3. The molecule has 0 aliphatic heterocycles. The minimum Gasteiger partial charge on any atom is -0.355 e. The van der Waals surface area contributed by atoms with E-state index in [0.29, 0.717) is 5.57 Å². The van der Waals surface area contributed by atoms with Crippen LogP contribution in [0.4, 0.5) is 0 Å². The highest BCUT2D eigenvalue weighted by Gasteiger charge is 2.03. The van der Waals surface area contributed by atoms with E-state index in [0.717, 1.165) is 16.1 Å². The Kier molecular flexibility index (Phi) is 9.31. The summed E-state index contributed by atoms with van der Waals surface area (Å²) in [6.45, 7) is 8.29. The third-order valence-electron chi connectivity index (χ3n) is 3.69. The third-order valence-corrected chi connectivity index (χ3v) is 4.65. The average Bonchev–Trinajstić information content (AvgIpc) is 2.94. The van der Waals surface area contributed by atoms with Gasteiger partial charge in [-0.15, -0.1) is 11.3 Å². The summed E-state index contributed by atoms with van der Waals surface area (Å²) >= 11 is 1.68. The molecule has 1 amide bonds. The van der Waals surface area contributed by atoms with Gasteiger partial charge >= 0.3 is 0 Å². The molecule has 4 heteroatoms. The van der Waals surface area contributed by atoms with Gasteiger partial charge in [-0.3, -0.25) is 4.79 Å². The molecular formula is C20H30N2OS. The van der Waals surface area contributed by atoms with Crippen molar-refractivity contribution in [2.75, 3.05) is 7.05 Å². The van der Waals surface area contributed by atoms with Gasteiger partial charge in [0, 0.05) is 12.6 Å².